The number of hydrogen-bond acceptors (Lipinski definition) is 1. The van der Waals surface area contributed by atoms with Gasteiger partial charge in [0.15, 0.2) is 0 Å². The molecule has 4 unspecified atom stereocenters. The summed E-state index contributed by atoms with van der Waals surface area (Å²) in [7, 11) is 0. The number of benzene rings is 1. The van der Waals surface area contributed by atoms with Gasteiger partial charge < -0.3 is 5.32 Å². The maximum atomic E-state index is 14.3. The van der Waals surface area contributed by atoms with Crippen molar-refractivity contribution in [1.82, 2.24) is 5.32 Å². The second-order valence-corrected chi connectivity index (χ2v) is 7.36. The van der Waals surface area contributed by atoms with E-state index in [1.807, 2.05) is 39.0 Å². The van der Waals surface area contributed by atoms with Crippen molar-refractivity contribution in [2.24, 2.45) is 11.8 Å². The van der Waals surface area contributed by atoms with Crippen LogP contribution in [0.2, 0.25) is 0 Å². The lowest BCUT2D eigenvalue weighted by atomic mass is 10.0. The molecule has 2 rings (SSSR count). The highest BCUT2D eigenvalue weighted by Gasteiger charge is 2.51. The summed E-state index contributed by atoms with van der Waals surface area (Å²) in [5.41, 5.74) is 4.30. The highest BCUT2D eigenvalue weighted by molar-refractivity contribution is 5.40. The maximum absolute atomic E-state index is 14.3. The van der Waals surface area contributed by atoms with Gasteiger partial charge in [-0.05, 0) is 62.3 Å². The molecule has 1 aromatic rings. The topological polar surface area (TPSA) is 12.0 Å². The van der Waals surface area contributed by atoms with Crippen molar-refractivity contribution in [3.8, 4) is 0 Å². The molecule has 1 nitrogen and oxygen atoms in total. The molecular formula is C23H29F2N. The van der Waals surface area contributed by atoms with Gasteiger partial charge in [-0.2, -0.15) is 0 Å². The average Bonchev–Trinajstić information content (AvgIpc) is 3.21. The van der Waals surface area contributed by atoms with E-state index >= 15 is 0 Å². The minimum Gasteiger partial charge on any atom is -0.382 e. The van der Waals surface area contributed by atoms with Gasteiger partial charge in [-0.25, -0.2) is 8.78 Å². The van der Waals surface area contributed by atoms with Crippen LogP contribution in [0.3, 0.4) is 0 Å². The predicted octanol–water partition coefficient (Wildman–Crippen LogP) is 6.19. The Bertz CT molecular complexity index is 749. The van der Waals surface area contributed by atoms with Crippen LogP contribution in [0.15, 0.2) is 60.4 Å². The molecule has 4 atom stereocenters. The summed E-state index contributed by atoms with van der Waals surface area (Å²) in [6.07, 6.45) is 6.07. The molecule has 0 aliphatic heterocycles. The van der Waals surface area contributed by atoms with Crippen LogP contribution in [0.5, 0.6) is 0 Å². The van der Waals surface area contributed by atoms with Gasteiger partial charge in [-0.1, -0.05) is 43.9 Å². The molecule has 140 valence electrons. The molecule has 1 aromatic carbocycles. The molecule has 0 radical (unpaired) electrons. The maximum Gasteiger partial charge on any atom is 0.129 e. The molecule has 0 saturated heterocycles. The quantitative estimate of drug-likeness (QED) is 0.573. The predicted molar refractivity (Wildman–Crippen MR) is 106 cm³/mol. The van der Waals surface area contributed by atoms with Gasteiger partial charge in [0.05, 0.1) is 0 Å². The summed E-state index contributed by atoms with van der Waals surface area (Å²) in [6.45, 7) is 18.2. The summed E-state index contributed by atoms with van der Waals surface area (Å²) in [5.74, 6) is -0.535. The lowest BCUT2D eigenvalue weighted by Crippen LogP contribution is -2.27. The SMILES string of the molecule is C=C(/C=C\C(C)=C/C)C(C)NC(=C)C1C(C)C1c1c(C)cc(F)cc1F. The summed E-state index contributed by atoms with van der Waals surface area (Å²) < 4.78 is 27.7. The largest absolute Gasteiger partial charge is 0.382 e. The molecule has 1 saturated carbocycles. The van der Waals surface area contributed by atoms with E-state index in [0.717, 1.165) is 17.3 Å². The third-order valence-corrected chi connectivity index (χ3v) is 5.39. The molecule has 1 aliphatic rings. The van der Waals surface area contributed by atoms with Gasteiger partial charge in [0.25, 0.3) is 0 Å². The van der Waals surface area contributed by atoms with Crippen molar-refractivity contribution in [2.45, 2.75) is 46.6 Å². The molecular weight excluding hydrogens is 328 g/mol. The molecule has 0 amide bonds. The number of aryl methyl sites for hydroxylation is 1. The molecule has 1 fully saturated rings. The van der Waals surface area contributed by atoms with Crippen LogP contribution in [0.25, 0.3) is 0 Å². The Labute approximate surface area is 156 Å². The average molecular weight is 357 g/mol. The fraction of sp³-hybridized carbons (Fsp3) is 0.391. The van der Waals surface area contributed by atoms with Gasteiger partial charge in [-0.3, -0.25) is 0 Å². The van der Waals surface area contributed by atoms with Crippen molar-refractivity contribution < 1.29 is 8.78 Å². The number of halogens is 2. The monoisotopic (exact) mass is 357 g/mol. The molecule has 3 heteroatoms. The number of hydrogen-bond donors (Lipinski definition) is 1. The van der Waals surface area contributed by atoms with Crippen molar-refractivity contribution in [3.63, 3.8) is 0 Å². The van der Waals surface area contributed by atoms with Gasteiger partial charge >= 0.3 is 0 Å². The minimum absolute atomic E-state index is 0.0380. The van der Waals surface area contributed by atoms with E-state index in [0.29, 0.717) is 11.1 Å². The van der Waals surface area contributed by atoms with Crippen molar-refractivity contribution >= 4 is 0 Å². The van der Waals surface area contributed by atoms with Crippen LogP contribution in [-0.4, -0.2) is 6.04 Å². The second-order valence-electron chi connectivity index (χ2n) is 7.36. The molecule has 0 spiro atoms. The molecule has 1 aliphatic carbocycles. The van der Waals surface area contributed by atoms with E-state index in [1.54, 1.807) is 6.92 Å². The van der Waals surface area contributed by atoms with Gasteiger partial charge in [0.2, 0.25) is 0 Å². The standard InChI is InChI=1S/C23H29F2N/c1-8-13(2)9-10-14(3)17(6)26-18(7)22-16(5)23(22)21-15(4)11-19(24)12-20(21)25/h8-12,16-17,22-23,26H,3,7H2,1-2,4-6H3/b10-9-,13-8-. The number of allylic oxidation sites excluding steroid dienone is 4. The van der Waals surface area contributed by atoms with Crippen molar-refractivity contribution in [3.05, 3.63) is 83.1 Å². The Kier molecular flexibility index (Phi) is 6.22. The van der Waals surface area contributed by atoms with E-state index in [2.05, 4.69) is 25.4 Å². The van der Waals surface area contributed by atoms with Gasteiger partial charge in [-0.15, -0.1) is 0 Å². The molecule has 0 bridgehead atoms. The van der Waals surface area contributed by atoms with E-state index in [1.165, 1.54) is 11.6 Å². The third kappa shape index (κ3) is 4.32. The molecule has 1 N–H and O–H groups in total. The smallest absolute Gasteiger partial charge is 0.129 e. The van der Waals surface area contributed by atoms with E-state index in [9.17, 15) is 8.78 Å². The van der Waals surface area contributed by atoms with Crippen molar-refractivity contribution in [2.75, 3.05) is 0 Å². The first-order valence-corrected chi connectivity index (χ1v) is 9.08. The minimum atomic E-state index is -0.529. The van der Waals surface area contributed by atoms with Crippen molar-refractivity contribution in [1.29, 1.82) is 0 Å². The molecule has 0 heterocycles. The van der Waals surface area contributed by atoms with Crippen LogP contribution >= 0.6 is 0 Å². The van der Waals surface area contributed by atoms with Gasteiger partial charge in [0.1, 0.15) is 11.6 Å². The van der Waals surface area contributed by atoms with E-state index < -0.39 is 11.6 Å². The number of nitrogens with one attached hydrogen (secondary N) is 1. The Morgan fingerprint density at radius 2 is 1.88 bits per heavy atom. The second kappa shape index (κ2) is 8.03. The lowest BCUT2D eigenvalue weighted by Gasteiger charge is -2.18. The third-order valence-electron chi connectivity index (χ3n) is 5.39. The van der Waals surface area contributed by atoms with Crippen LogP contribution in [-0.2, 0) is 0 Å². The Morgan fingerprint density at radius 1 is 1.23 bits per heavy atom. The number of rotatable bonds is 7. The Balaban J connectivity index is 2.05. The fourth-order valence-corrected chi connectivity index (χ4v) is 3.52. The lowest BCUT2D eigenvalue weighted by molar-refractivity contribution is 0.566. The summed E-state index contributed by atoms with van der Waals surface area (Å²) in [5, 5.41) is 3.40. The zero-order chi connectivity index (χ0) is 19.6. The van der Waals surface area contributed by atoms with E-state index in [4.69, 9.17) is 0 Å². The Morgan fingerprint density at radius 3 is 2.46 bits per heavy atom. The summed E-state index contributed by atoms with van der Waals surface area (Å²) in [4.78, 5) is 0. The normalized spacial score (nSPS) is 23.8. The first kappa shape index (κ1) is 20.2. The fourth-order valence-electron chi connectivity index (χ4n) is 3.52. The molecule has 26 heavy (non-hydrogen) atoms. The van der Waals surface area contributed by atoms with Crippen LogP contribution in [0.4, 0.5) is 8.78 Å². The van der Waals surface area contributed by atoms with Crippen LogP contribution in [0, 0.1) is 30.4 Å². The summed E-state index contributed by atoms with van der Waals surface area (Å²) in [6, 6.07) is 2.41. The zero-order valence-electron chi connectivity index (χ0n) is 16.4. The first-order chi connectivity index (χ1) is 12.2. The zero-order valence-corrected chi connectivity index (χ0v) is 16.4. The molecule has 0 aromatic heterocycles. The van der Waals surface area contributed by atoms with Crippen LogP contribution < -0.4 is 5.32 Å². The Hall–Kier alpha value is -2.16. The van der Waals surface area contributed by atoms with Gasteiger partial charge in [0, 0.05) is 23.7 Å². The summed E-state index contributed by atoms with van der Waals surface area (Å²) >= 11 is 0. The van der Waals surface area contributed by atoms with E-state index in [-0.39, 0.29) is 23.8 Å². The highest BCUT2D eigenvalue weighted by Crippen LogP contribution is 2.57. The highest BCUT2D eigenvalue weighted by atomic mass is 19.1. The van der Waals surface area contributed by atoms with Crippen LogP contribution in [0.1, 0.15) is 44.7 Å². The first-order valence-electron chi connectivity index (χ1n) is 9.08.